The normalized spacial score (nSPS) is 17.0. The van der Waals surface area contributed by atoms with Crippen LogP contribution in [0.5, 0.6) is 0 Å². The largest absolute Gasteiger partial charge is 0.296 e. The van der Waals surface area contributed by atoms with E-state index in [0.29, 0.717) is 18.0 Å². The second-order valence-corrected chi connectivity index (χ2v) is 10.6. The summed E-state index contributed by atoms with van der Waals surface area (Å²) >= 11 is 0. The molecule has 0 radical (unpaired) electrons. The predicted octanol–water partition coefficient (Wildman–Crippen LogP) is 3.50. The summed E-state index contributed by atoms with van der Waals surface area (Å²) in [5.74, 6) is 0. The number of sulfonamides is 1. The van der Waals surface area contributed by atoms with Gasteiger partial charge >= 0.3 is 0 Å². The Hall–Kier alpha value is -1.76. The van der Waals surface area contributed by atoms with Gasteiger partial charge in [0.15, 0.2) is 0 Å². The summed E-state index contributed by atoms with van der Waals surface area (Å²) in [4.78, 5) is 6.82. The van der Waals surface area contributed by atoms with Crippen molar-refractivity contribution >= 4 is 10.0 Å². The number of aromatic nitrogens is 1. The minimum absolute atomic E-state index is 0.00358. The molecule has 0 saturated carbocycles. The highest BCUT2D eigenvalue weighted by molar-refractivity contribution is 7.89. The van der Waals surface area contributed by atoms with Crippen molar-refractivity contribution in [3.8, 4) is 0 Å². The van der Waals surface area contributed by atoms with Gasteiger partial charge in [0.2, 0.25) is 10.0 Å². The molecular formula is C22H31N3O2S. The summed E-state index contributed by atoms with van der Waals surface area (Å²) in [6, 6.07) is 8.07. The summed E-state index contributed by atoms with van der Waals surface area (Å²) in [7, 11) is -3.49. The highest BCUT2D eigenvalue weighted by Gasteiger charge is 2.31. The van der Waals surface area contributed by atoms with Gasteiger partial charge in [-0.1, -0.05) is 32.9 Å². The Kier molecular flexibility index (Phi) is 5.94. The molecule has 28 heavy (non-hydrogen) atoms. The van der Waals surface area contributed by atoms with Crippen molar-refractivity contribution in [3.63, 3.8) is 0 Å². The maximum Gasteiger partial charge on any atom is 0.243 e. The molecule has 0 atom stereocenters. The first kappa shape index (κ1) is 21.0. The van der Waals surface area contributed by atoms with E-state index in [1.165, 1.54) is 11.1 Å². The SMILES string of the molecule is Cc1cc(C(C)(C)C)cc(C)c1S(=O)(=O)N1CCN(Cc2ccncc2)CC1. The fourth-order valence-corrected chi connectivity index (χ4v) is 5.63. The maximum absolute atomic E-state index is 13.4. The molecule has 1 aromatic carbocycles. The lowest BCUT2D eigenvalue weighted by Gasteiger charge is -2.34. The van der Waals surface area contributed by atoms with E-state index in [0.717, 1.165) is 30.8 Å². The van der Waals surface area contributed by atoms with Gasteiger partial charge in [0, 0.05) is 45.1 Å². The van der Waals surface area contributed by atoms with Crippen LogP contribution >= 0.6 is 0 Å². The third kappa shape index (κ3) is 4.45. The summed E-state index contributed by atoms with van der Waals surface area (Å²) in [5.41, 5.74) is 4.05. The number of hydrogen-bond donors (Lipinski definition) is 0. The molecule has 6 heteroatoms. The number of piperazine rings is 1. The van der Waals surface area contributed by atoms with Crippen molar-refractivity contribution in [1.82, 2.24) is 14.2 Å². The molecule has 1 aliphatic heterocycles. The Morgan fingerprint density at radius 3 is 2.00 bits per heavy atom. The Bertz CT molecular complexity index is 903. The van der Waals surface area contributed by atoms with E-state index in [9.17, 15) is 8.42 Å². The van der Waals surface area contributed by atoms with Gasteiger partial charge in [-0.05, 0) is 53.6 Å². The van der Waals surface area contributed by atoms with Crippen molar-refractivity contribution in [2.45, 2.75) is 51.5 Å². The van der Waals surface area contributed by atoms with E-state index in [1.54, 1.807) is 16.7 Å². The predicted molar refractivity (Wildman–Crippen MR) is 113 cm³/mol. The van der Waals surface area contributed by atoms with Gasteiger partial charge < -0.3 is 0 Å². The molecule has 2 heterocycles. The van der Waals surface area contributed by atoms with Crippen LogP contribution in [0.1, 0.15) is 43.0 Å². The lowest BCUT2D eigenvalue weighted by molar-refractivity contribution is 0.181. The Morgan fingerprint density at radius 2 is 1.50 bits per heavy atom. The van der Waals surface area contributed by atoms with Crippen LogP contribution in [0, 0.1) is 13.8 Å². The van der Waals surface area contributed by atoms with Crippen LogP contribution in [-0.4, -0.2) is 48.8 Å². The molecule has 0 spiro atoms. The molecule has 0 unspecified atom stereocenters. The lowest BCUT2D eigenvalue weighted by Crippen LogP contribution is -2.48. The number of pyridine rings is 1. The number of aryl methyl sites for hydroxylation is 2. The van der Waals surface area contributed by atoms with Crippen LogP contribution in [0.4, 0.5) is 0 Å². The standard InChI is InChI=1S/C22H31N3O2S/c1-17-14-20(22(3,4)5)15-18(2)21(17)28(26,27)25-12-10-24(11-13-25)16-19-6-8-23-9-7-19/h6-9,14-15H,10-13,16H2,1-5H3. The third-order valence-corrected chi connectivity index (χ3v) is 7.62. The second-order valence-electron chi connectivity index (χ2n) is 8.72. The first-order valence-electron chi connectivity index (χ1n) is 9.82. The van der Waals surface area contributed by atoms with Crippen molar-refractivity contribution < 1.29 is 8.42 Å². The van der Waals surface area contributed by atoms with E-state index in [2.05, 4.69) is 30.7 Å². The molecule has 0 aliphatic carbocycles. The maximum atomic E-state index is 13.4. The van der Waals surface area contributed by atoms with Gasteiger partial charge in [0.25, 0.3) is 0 Å². The number of nitrogens with zero attached hydrogens (tertiary/aromatic N) is 3. The zero-order valence-corrected chi connectivity index (χ0v) is 18.4. The topological polar surface area (TPSA) is 53.5 Å². The molecule has 1 aromatic heterocycles. The molecule has 0 N–H and O–H groups in total. The lowest BCUT2D eigenvalue weighted by atomic mass is 9.85. The Morgan fingerprint density at radius 1 is 0.964 bits per heavy atom. The molecule has 1 saturated heterocycles. The molecule has 1 fully saturated rings. The number of hydrogen-bond acceptors (Lipinski definition) is 4. The zero-order chi connectivity index (χ0) is 20.5. The van der Waals surface area contributed by atoms with Crippen LogP contribution in [0.25, 0.3) is 0 Å². The van der Waals surface area contributed by atoms with Crippen molar-refractivity contribution in [1.29, 1.82) is 0 Å². The van der Waals surface area contributed by atoms with Crippen LogP contribution in [0.2, 0.25) is 0 Å². The van der Waals surface area contributed by atoms with E-state index < -0.39 is 10.0 Å². The summed E-state index contributed by atoms with van der Waals surface area (Å²) in [6.07, 6.45) is 3.59. The minimum atomic E-state index is -3.49. The first-order valence-corrected chi connectivity index (χ1v) is 11.3. The number of rotatable bonds is 4. The highest BCUT2D eigenvalue weighted by atomic mass is 32.2. The van der Waals surface area contributed by atoms with Crippen molar-refractivity contribution in [3.05, 3.63) is 58.9 Å². The second kappa shape index (κ2) is 7.93. The Labute approximate surface area is 169 Å². The van der Waals surface area contributed by atoms with E-state index in [4.69, 9.17) is 0 Å². The van der Waals surface area contributed by atoms with E-state index in [1.807, 2.05) is 38.1 Å². The van der Waals surface area contributed by atoms with Crippen LogP contribution in [0.15, 0.2) is 41.6 Å². The molecule has 3 rings (SSSR count). The average molecular weight is 402 g/mol. The van der Waals surface area contributed by atoms with Gasteiger partial charge in [-0.25, -0.2) is 8.42 Å². The van der Waals surface area contributed by atoms with Gasteiger partial charge in [-0.15, -0.1) is 0 Å². The minimum Gasteiger partial charge on any atom is -0.296 e. The number of benzene rings is 1. The summed E-state index contributed by atoms with van der Waals surface area (Å²) < 4.78 is 28.3. The van der Waals surface area contributed by atoms with Gasteiger partial charge in [0.1, 0.15) is 0 Å². The quantitative estimate of drug-likeness (QED) is 0.787. The fraction of sp³-hybridized carbons (Fsp3) is 0.500. The van der Waals surface area contributed by atoms with Gasteiger partial charge in [0.05, 0.1) is 4.90 Å². The van der Waals surface area contributed by atoms with Crippen LogP contribution < -0.4 is 0 Å². The molecule has 5 nitrogen and oxygen atoms in total. The van der Waals surface area contributed by atoms with E-state index >= 15 is 0 Å². The average Bonchev–Trinajstić information content (AvgIpc) is 2.61. The molecular weight excluding hydrogens is 370 g/mol. The van der Waals surface area contributed by atoms with Gasteiger partial charge in [-0.2, -0.15) is 4.31 Å². The smallest absolute Gasteiger partial charge is 0.243 e. The molecule has 1 aliphatic rings. The summed E-state index contributed by atoms with van der Waals surface area (Å²) in [5, 5.41) is 0. The van der Waals surface area contributed by atoms with Crippen molar-refractivity contribution in [2.75, 3.05) is 26.2 Å². The highest BCUT2D eigenvalue weighted by Crippen LogP contribution is 2.31. The zero-order valence-electron chi connectivity index (χ0n) is 17.6. The fourth-order valence-electron chi connectivity index (χ4n) is 3.79. The third-order valence-electron chi connectivity index (χ3n) is 5.41. The molecule has 0 bridgehead atoms. The first-order chi connectivity index (χ1) is 13.1. The van der Waals surface area contributed by atoms with Crippen LogP contribution in [-0.2, 0) is 22.0 Å². The van der Waals surface area contributed by atoms with Crippen LogP contribution in [0.3, 0.4) is 0 Å². The van der Waals surface area contributed by atoms with E-state index in [-0.39, 0.29) is 5.41 Å². The van der Waals surface area contributed by atoms with Gasteiger partial charge in [-0.3, -0.25) is 9.88 Å². The summed E-state index contributed by atoms with van der Waals surface area (Å²) in [6.45, 7) is 13.6. The molecule has 2 aromatic rings. The monoisotopic (exact) mass is 401 g/mol. The Balaban J connectivity index is 1.76. The molecule has 152 valence electrons. The van der Waals surface area contributed by atoms with Crippen molar-refractivity contribution in [2.24, 2.45) is 0 Å². The molecule has 0 amide bonds.